The molecule has 4 rings (SSSR count). The van der Waals surface area contributed by atoms with Gasteiger partial charge in [0.05, 0.1) is 22.8 Å². The molecular weight excluding hydrogens is 442 g/mol. The molecule has 0 spiro atoms. The molecular formula is C23H31N5O4S. The van der Waals surface area contributed by atoms with Crippen molar-refractivity contribution in [3.8, 4) is 17.1 Å². The number of aryl methyl sites for hydroxylation is 2. The predicted octanol–water partition coefficient (Wildman–Crippen LogP) is 3.36. The first kappa shape index (κ1) is 23.4. The fourth-order valence-electron chi connectivity index (χ4n) is 4.27. The van der Waals surface area contributed by atoms with Gasteiger partial charge in [-0.2, -0.15) is 0 Å². The monoisotopic (exact) mass is 473 g/mol. The largest absolute Gasteiger partial charge is 0.493 e. The maximum Gasteiger partial charge on any atom is 0.277 e. The third kappa shape index (κ3) is 4.81. The third-order valence-electron chi connectivity index (χ3n) is 5.87. The lowest BCUT2D eigenvalue weighted by Crippen LogP contribution is -2.32. The topological polar surface area (TPSA) is 118 Å². The first-order chi connectivity index (χ1) is 15.8. The molecule has 1 aliphatic carbocycles. The van der Waals surface area contributed by atoms with Gasteiger partial charge in [0, 0.05) is 12.5 Å². The Kier molecular flexibility index (Phi) is 6.85. The Balaban J connectivity index is 1.84. The smallest absolute Gasteiger partial charge is 0.277 e. The van der Waals surface area contributed by atoms with Crippen LogP contribution in [-0.4, -0.2) is 40.6 Å². The molecule has 1 fully saturated rings. The molecule has 0 radical (unpaired) electrons. The lowest BCUT2D eigenvalue weighted by molar-refractivity contribution is 0.318. The van der Waals surface area contributed by atoms with Gasteiger partial charge in [0.1, 0.15) is 11.6 Å². The van der Waals surface area contributed by atoms with E-state index in [0.717, 1.165) is 38.5 Å². The van der Waals surface area contributed by atoms with Crippen LogP contribution in [0.4, 0.5) is 0 Å². The van der Waals surface area contributed by atoms with Crippen molar-refractivity contribution in [2.75, 3.05) is 6.61 Å². The summed E-state index contributed by atoms with van der Waals surface area (Å²) in [5.41, 5.74) is 1.10. The van der Waals surface area contributed by atoms with Crippen LogP contribution in [-0.2, 0) is 16.4 Å². The second-order valence-corrected chi connectivity index (χ2v) is 10.2. The molecule has 3 aromatic rings. The van der Waals surface area contributed by atoms with Gasteiger partial charge in [-0.3, -0.25) is 4.79 Å². The normalized spacial score (nSPS) is 14.9. The highest BCUT2D eigenvalue weighted by Crippen LogP contribution is 2.31. The van der Waals surface area contributed by atoms with Crippen molar-refractivity contribution >= 4 is 15.5 Å². The number of H-pyrrole nitrogens is 1. The summed E-state index contributed by atoms with van der Waals surface area (Å²) in [6.45, 7) is 6.26. The summed E-state index contributed by atoms with van der Waals surface area (Å²) in [4.78, 5) is 20.4. The Bertz CT molecular complexity index is 1310. The number of nitrogens with zero attached hydrogens (tertiary/aromatic N) is 3. The van der Waals surface area contributed by atoms with E-state index in [4.69, 9.17) is 4.74 Å². The van der Waals surface area contributed by atoms with Gasteiger partial charge in [-0.05, 0) is 50.8 Å². The van der Waals surface area contributed by atoms with E-state index in [1.165, 1.54) is 12.1 Å². The van der Waals surface area contributed by atoms with E-state index in [9.17, 15) is 13.2 Å². The molecule has 0 atom stereocenters. The van der Waals surface area contributed by atoms with Crippen molar-refractivity contribution in [2.45, 2.75) is 76.7 Å². The zero-order chi connectivity index (χ0) is 23.6. The highest BCUT2D eigenvalue weighted by atomic mass is 32.2. The van der Waals surface area contributed by atoms with Crippen LogP contribution >= 0.6 is 0 Å². The molecule has 178 valence electrons. The maximum absolute atomic E-state index is 13.1. The molecule has 2 heterocycles. The Morgan fingerprint density at radius 1 is 1.21 bits per heavy atom. The molecule has 0 unspecified atom stereocenters. The predicted molar refractivity (Wildman–Crippen MR) is 126 cm³/mol. The van der Waals surface area contributed by atoms with Crippen molar-refractivity contribution in [3.05, 3.63) is 40.1 Å². The molecule has 2 N–H and O–H groups in total. The van der Waals surface area contributed by atoms with Crippen molar-refractivity contribution < 1.29 is 13.2 Å². The number of nitrogens with one attached hydrogen (secondary N) is 2. The van der Waals surface area contributed by atoms with Crippen LogP contribution in [0.3, 0.4) is 0 Å². The summed E-state index contributed by atoms with van der Waals surface area (Å²) in [6.07, 6.45) is 6.05. The minimum Gasteiger partial charge on any atom is -0.493 e. The Morgan fingerprint density at radius 2 is 1.97 bits per heavy atom. The minimum absolute atomic E-state index is 0.0470. The summed E-state index contributed by atoms with van der Waals surface area (Å²) in [6, 6.07) is 4.64. The van der Waals surface area contributed by atoms with Gasteiger partial charge in [0.15, 0.2) is 11.3 Å². The van der Waals surface area contributed by atoms with E-state index in [1.807, 2.05) is 13.8 Å². The number of ether oxygens (including phenoxy) is 1. The molecule has 0 aliphatic heterocycles. The zero-order valence-electron chi connectivity index (χ0n) is 19.3. The number of aromatic nitrogens is 4. The molecule has 1 aliphatic rings. The van der Waals surface area contributed by atoms with Gasteiger partial charge in [-0.1, -0.05) is 26.7 Å². The molecule has 1 saturated carbocycles. The highest BCUT2D eigenvalue weighted by molar-refractivity contribution is 7.89. The van der Waals surface area contributed by atoms with E-state index in [2.05, 4.69) is 19.8 Å². The van der Waals surface area contributed by atoms with Crippen LogP contribution in [0.25, 0.3) is 16.9 Å². The number of benzene rings is 1. The summed E-state index contributed by atoms with van der Waals surface area (Å²) < 4.78 is 36.4. The summed E-state index contributed by atoms with van der Waals surface area (Å²) in [5, 5.41) is 4.64. The molecule has 33 heavy (non-hydrogen) atoms. The Morgan fingerprint density at radius 3 is 2.67 bits per heavy atom. The standard InChI is InChI=1S/C23H31N5O4S/c1-4-8-20-24-15(3)21-23(29)25-22(26-28(20)21)18-14-17(11-12-19(18)32-13-5-2)33(30,31)27-16-9-6-7-10-16/h11-12,14,16,27H,4-10,13H2,1-3H3,(H,25,26,29). The number of fused-ring (bicyclic) bond motifs is 1. The molecule has 1 aromatic carbocycles. The minimum atomic E-state index is -3.72. The molecule has 10 heteroatoms. The second-order valence-electron chi connectivity index (χ2n) is 8.54. The quantitative estimate of drug-likeness (QED) is 0.492. The number of aromatic amines is 1. The van der Waals surface area contributed by atoms with Crippen LogP contribution in [0.5, 0.6) is 5.75 Å². The van der Waals surface area contributed by atoms with Crippen LogP contribution in [0.2, 0.25) is 0 Å². The fraction of sp³-hybridized carbons (Fsp3) is 0.522. The van der Waals surface area contributed by atoms with Gasteiger partial charge in [-0.25, -0.2) is 22.6 Å². The van der Waals surface area contributed by atoms with Gasteiger partial charge in [0.25, 0.3) is 5.56 Å². The number of imidazole rings is 1. The van der Waals surface area contributed by atoms with Crippen LogP contribution < -0.4 is 15.0 Å². The van der Waals surface area contributed by atoms with E-state index in [0.29, 0.717) is 41.4 Å². The fourth-order valence-corrected chi connectivity index (χ4v) is 5.60. The van der Waals surface area contributed by atoms with Gasteiger partial charge >= 0.3 is 0 Å². The maximum atomic E-state index is 13.1. The average molecular weight is 474 g/mol. The zero-order valence-corrected chi connectivity index (χ0v) is 20.2. The van der Waals surface area contributed by atoms with Crippen molar-refractivity contribution in [1.82, 2.24) is 24.3 Å². The van der Waals surface area contributed by atoms with Crippen molar-refractivity contribution in [2.24, 2.45) is 0 Å². The van der Waals surface area contributed by atoms with Crippen LogP contribution in [0.1, 0.15) is 63.9 Å². The van der Waals surface area contributed by atoms with Crippen molar-refractivity contribution in [1.29, 1.82) is 0 Å². The third-order valence-corrected chi connectivity index (χ3v) is 7.39. The SMILES string of the molecule is CCCOc1ccc(S(=O)(=O)NC2CCCC2)cc1-c1nn2c(CCC)nc(C)c2c(=O)[nH]1. The van der Waals surface area contributed by atoms with E-state index in [1.54, 1.807) is 17.5 Å². The second kappa shape index (κ2) is 9.64. The molecule has 0 bridgehead atoms. The van der Waals surface area contributed by atoms with Crippen molar-refractivity contribution in [3.63, 3.8) is 0 Å². The average Bonchev–Trinajstić information content (AvgIpc) is 3.39. The lowest BCUT2D eigenvalue weighted by Gasteiger charge is -2.15. The summed E-state index contributed by atoms with van der Waals surface area (Å²) in [5.74, 6) is 1.40. The lowest BCUT2D eigenvalue weighted by atomic mass is 10.2. The number of sulfonamides is 1. The van der Waals surface area contributed by atoms with Gasteiger partial charge in [0.2, 0.25) is 10.0 Å². The molecule has 0 amide bonds. The van der Waals surface area contributed by atoms with E-state index in [-0.39, 0.29) is 22.3 Å². The molecule has 0 saturated heterocycles. The van der Waals surface area contributed by atoms with Crippen LogP contribution in [0.15, 0.2) is 27.9 Å². The number of hydrogen-bond donors (Lipinski definition) is 2. The molecule has 2 aromatic heterocycles. The molecule has 9 nitrogen and oxygen atoms in total. The van der Waals surface area contributed by atoms with Crippen LogP contribution in [0, 0.1) is 6.92 Å². The van der Waals surface area contributed by atoms with E-state index < -0.39 is 10.0 Å². The summed E-state index contributed by atoms with van der Waals surface area (Å²) in [7, 11) is -3.72. The summed E-state index contributed by atoms with van der Waals surface area (Å²) >= 11 is 0. The van der Waals surface area contributed by atoms with Gasteiger partial charge < -0.3 is 9.72 Å². The first-order valence-electron chi connectivity index (χ1n) is 11.6. The Labute approximate surface area is 193 Å². The number of hydrogen-bond acceptors (Lipinski definition) is 6. The first-order valence-corrected chi connectivity index (χ1v) is 13.1. The van der Waals surface area contributed by atoms with E-state index >= 15 is 0 Å². The highest BCUT2D eigenvalue weighted by Gasteiger charge is 2.25. The number of rotatable bonds is 9. The Hall–Kier alpha value is -2.72. The van der Waals surface area contributed by atoms with Gasteiger partial charge in [-0.15, -0.1) is 5.10 Å².